The summed E-state index contributed by atoms with van der Waals surface area (Å²) in [4.78, 5) is 2.59. The Balaban J connectivity index is 1.31. The highest BCUT2D eigenvalue weighted by Crippen LogP contribution is 2.48. The van der Waals surface area contributed by atoms with Crippen molar-refractivity contribution in [2.45, 2.75) is 0 Å². The molecule has 2 aliphatic rings. The molecule has 1 aromatic heterocycles. The average molecular weight is 612 g/mol. The van der Waals surface area contributed by atoms with Gasteiger partial charge in [0.1, 0.15) is 0 Å². The zero-order valence-electron chi connectivity index (χ0n) is 25.4. The van der Waals surface area contributed by atoms with Crippen molar-refractivity contribution in [3.05, 3.63) is 158 Å². The van der Waals surface area contributed by atoms with E-state index in [9.17, 15) is 0 Å². The molecule has 0 saturated heterocycles. The van der Waals surface area contributed by atoms with Crippen LogP contribution in [0.3, 0.4) is 0 Å². The molecule has 0 radical (unpaired) electrons. The van der Waals surface area contributed by atoms with Gasteiger partial charge in [-0.2, -0.15) is 0 Å². The molecule has 3 heterocycles. The molecule has 0 aliphatic carbocycles. The molecule has 0 bridgehead atoms. The molecule has 47 heavy (non-hydrogen) atoms. The van der Waals surface area contributed by atoms with Gasteiger partial charge in [0.25, 0.3) is 0 Å². The lowest BCUT2D eigenvalue weighted by Gasteiger charge is -2.38. The summed E-state index contributed by atoms with van der Waals surface area (Å²) in [6.45, 7) is 0.175. The van der Waals surface area contributed by atoms with Gasteiger partial charge < -0.3 is 4.90 Å². The van der Waals surface area contributed by atoms with Crippen LogP contribution in [0.1, 0.15) is 0 Å². The van der Waals surface area contributed by atoms with Crippen molar-refractivity contribution in [2.75, 3.05) is 4.90 Å². The summed E-state index contributed by atoms with van der Waals surface area (Å²) in [5, 5.41) is 7.73. The number of nitrogens with zero attached hydrogens (tertiary/aromatic N) is 1. The second-order valence-corrected chi connectivity index (χ2v) is 13.9. The number of hydrogen-bond donors (Lipinski definition) is 0. The first-order valence-electron chi connectivity index (χ1n) is 16.3. The molecule has 2 aliphatic heterocycles. The van der Waals surface area contributed by atoms with Crippen LogP contribution < -0.4 is 21.3 Å². The van der Waals surface area contributed by atoms with Gasteiger partial charge in [-0.05, 0) is 74.3 Å². The van der Waals surface area contributed by atoms with Crippen molar-refractivity contribution in [1.82, 2.24) is 0 Å². The first kappa shape index (κ1) is 25.5. The molecular formula is C44H26BNS. The van der Waals surface area contributed by atoms with E-state index in [1.54, 1.807) is 0 Å². The Kier molecular flexibility index (Phi) is 5.14. The smallest absolute Gasteiger partial charge is 0.248 e. The van der Waals surface area contributed by atoms with Crippen molar-refractivity contribution < 1.29 is 0 Å². The Bertz CT molecular complexity index is 2770. The van der Waals surface area contributed by atoms with Crippen molar-refractivity contribution >= 4 is 93.2 Å². The van der Waals surface area contributed by atoms with Crippen molar-refractivity contribution in [3.63, 3.8) is 0 Å². The summed E-state index contributed by atoms with van der Waals surface area (Å²) in [5.41, 5.74) is 13.2. The minimum absolute atomic E-state index is 0.175. The summed E-state index contributed by atoms with van der Waals surface area (Å²) < 4.78 is 2.67. The Morgan fingerprint density at radius 3 is 2.04 bits per heavy atom. The van der Waals surface area contributed by atoms with Crippen LogP contribution in [0, 0.1) is 0 Å². The van der Waals surface area contributed by atoms with Crippen LogP contribution in [0.25, 0.3) is 64.0 Å². The quantitative estimate of drug-likeness (QED) is 0.176. The minimum Gasteiger partial charge on any atom is -0.310 e. The largest absolute Gasteiger partial charge is 0.310 e. The number of benzene rings is 8. The Morgan fingerprint density at radius 2 is 1.13 bits per heavy atom. The maximum Gasteiger partial charge on any atom is 0.248 e. The molecule has 0 N–H and O–H groups in total. The molecule has 0 amide bonds. The van der Waals surface area contributed by atoms with E-state index in [1.807, 2.05) is 11.3 Å². The van der Waals surface area contributed by atoms with Gasteiger partial charge in [-0.25, -0.2) is 0 Å². The van der Waals surface area contributed by atoms with Crippen LogP contribution >= 0.6 is 11.3 Å². The third-order valence-corrected chi connectivity index (χ3v) is 11.6. The maximum absolute atomic E-state index is 2.59. The van der Waals surface area contributed by atoms with Crippen LogP contribution in [0.4, 0.5) is 17.1 Å². The predicted octanol–water partition coefficient (Wildman–Crippen LogP) is 10.3. The summed E-state index contributed by atoms with van der Waals surface area (Å²) in [6, 6.07) is 58.9. The molecule has 0 unspecified atom stereocenters. The Labute approximate surface area is 277 Å². The summed E-state index contributed by atoms with van der Waals surface area (Å²) in [7, 11) is 0. The molecule has 8 aromatic carbocycles. The number of hydrogen-bond acceptors (Lipinski definition) is 2. The van der Waals surface area contributed by atoms with Crippen molar-refractivity contribution in [1.29, 1.82) is 0 Å². The summed E-state index contributed by atoms with van der Waals surface area (Å²) >= 11 is 1.89. The second-order valence-electron chi connectivity index (χ2n) is 12.8. The van der Waals surface area contributed by atoms with Crippen LogP contribution in [0.15, 0.2) is 158 Å². The van der Waals surface area contributed by atoms with Crippen LogP contribution in [0.2, 0.25) is 0 Å². The molecule has 9 aromatic rings. The van der Waals surface area contributed by atoms with Crippen LogP contribution in [-0.4, -0.2) is 6.71 Å². The van der Waals surface area contributed by atoms with E-state index in [1.165, 1.54) is 97.4 Å². The predicted molar refractivity (Wildman–Crippen MR) is 205 cm³/mol. The van der Waals surface area contributed by atoms with Gasteiger partial charge in [-0.1, -0.05) is 133 Å². The molecule has 1 nitrogen and oxygen atoms in total. The van der Waals surface area contributed by atoms with Crippen molar-refractivity contribution in [3.8, 4) is 22.3 Å². The fourth-order valence-electron chi connectivity index (χ4n) is 8.52. The third kappa shape index (κ3) is 3.44. The highest BCUT2D eigenvalue weighted by molar-refractivity contribution is 7.26. The van der Waals surface area contributed by atoms with Gasteiger partial charge in [0.05, 0.1) is 5.69 Å². The van der Waals surface area contributed by atoms with E-state index in [-0.39, 0.29) is 6.71 Å². The second kappa shape index (κ2) is 9.45. The van der Waals surface area contributed by atoms with Gasteiger partial charge in [0.2, 0.25) is 6.71 Å². The van der Waals surface area contributed by atoms with Crippen molar-refractivity contribution in [2.24, 2.45) is 0 Å². The van der Waals surface area contributed by atoms with Gasteiger partial charge >= 0.3 is 0 Å². The molecule has 0 spiro atoms. The fraction of sp³-hybridized carbons (Fsp3) is 0. The molecule has 11 rings (SSSR count). The van der Waals surface area contributed by atoms with Gasteiger partial charge in [0.15, 0.2) is 0 Å². The van der Waals surface area contributed by atoms with Gasteiger partial charge in [0, 0.05) is 42.3 Å². The third-order valence-electron chi connectivity index (χ3n) is 10.4. The molecular weight excluding hydrogens is 585 g/mol. The first-order chi connectivity index (χ1) is 23.3. The van der Waals surface area contributed by atoms with E-state index in [4.69, 9.17) is 0 Å². The normalized spacial score (nSPS) is 13.0. The maximum atomic E-state index is 2.59. The topological polar surface area (TPSA) is 3.24 Å². The lowest BCUT2D eigenvalue weighted by molar-refractivity contribution is 1.33. The number of fused-ring (bicyclic) bond motifs is 11. The van der Waals surface area contributed by atoms with Crippen LogP contribution in [0.5, 0.6) is 0 Å². The molecule has 0 atom stereocenters. The number of thiophene rings is 1. The Hall–Kier alpha value is -5.64. The summed E-state index contributed by atoms with van der Waals surface area (Å²) in [5.74, 6) is 0. The van der Waals surface area contributed by atoms with Gasteiger partial charge in [-0.15, -0.1) is 11.3 Å². The first-order valence-corrected chi connectivity index (χ1v) is 17.1. The van der Waals surface area contributed by atoms with E-state index in [0.717, 1.165) is 0 Å². The lowest BCUT2D eigenvalue weighted by atomic mass is 9.37. The van der Waals surface area contributed by atoms with Gasteiger partial charge in [-0.3, -0.25) is 0 Å². The Morgan fingerprint density at radius 1 is 0.447 bits per heavy atom. The minimum atomic E-state index is 0.175. The summed E-state index contributed by atoms with van der Waals surface area (Å²) in [6.07, 6.45) is 0. The molecule has 3 heteroatoms. The van der Waals surface area contributed by atoms with E-state index in [2.05, 4.69) is 163 Å². The van der Waals surface area contributed by atoms with E-state index >= 15 is 0 Å². The fourth-order valence-corrected chi connectivity index (χ4v) is 9.65. The molecule has 216 valence electrons. The zero-order valence-corrected chi connectivity index (χ0v) is 26.3. The highest BCUT2D eigenvalue weighted by Gasteiger charge is 2.43. The monoisotopic (exact) mass is 611 g/mol. The average Bonchev–Trinajstić information content (AvgIpc) is 3.68. The number of anilines is 3. The standard InChI is InChI=1S/C44H26BNS/c1-3-14-30-27(11-1)13-9-20-38(30)46-39-26-29(31-18-10-22-41-42(31)34-17-6-8-21-40(34)47-41)25-35-33-16-5-7-19-36(33)45(43(35)39)37-24-23-28-12-2-4-15-32(28)44(37)46/h1-26H. The van der Waals surface area contributed by atoms with Crippen LogP contribution in [-0.2, 0) is 0 Å². The number of rotatable bonds is 2. The van der Waals surface area contributed by atoms with E-state index in [0.29, 0.717) is 0 Å². The molecule has 0 fully saturated rings. The highest BCUT2D eigenvalue weighted by atomic mass is 32.1. The molecule has 0 saturated carbocycles. The lowest BCUT2D eigenvalue weighted by Crippen LogP contribution is -2.54. The SMILES string of the molecule is c1ccc2c(c1)B1c3ccc4ccccc4c3N(c3cccc4ccccc34)c3cc(-c4cccc5sc6ccccc6c45)cc-2c31. The van der Waals surface area contributed by atoms with E-state index < -0.39 is 0 Å². The zero-order chi connectivity index (χ0) is 30.6.